The molecule has 1 atom stereocenters. The summed E-state index contributed by atoms with van der Waals surface area (Å²) in [6, 6.07) is 6.34. The van der Waals surface area contributed by atoms with E-state index in [0.29, 0.717) is 0 Å². The van der Waals surface area contributed by atoms with Crippen molar-refractivity contribution in [2.45, 2.75) is 19.4 Å². The highest BCUT2D eigenvalue weighted by atomic mass is 16.5. The van der Waals surface area contributed by atoms with E-state index in [0.717, 1.165) is 44.0 Å². The third kappa shape index (κ3) is 2.70. The summed E-state index contributed by atoms with van der Waals surface area (Å²) in [6.45, 7) is 5.36. The second-order valence-electron chi connectivity index (χ2n) is 5.38. The van der Waals surface area contributed by atoms with E-state index < -0.39 is 0 Å². The average Bonchev–Trinajstić information content (AvgIpc) is 2.92. The van der Waals surface area contributed by atoms with Crippen molar-refractivity contribution >= 4 is 12.0 Å². The van der Waals surface area contributed by atoms with E-state index in [1.165, 1.54) is 5.56 Å². The number of ether oxygens (including phenoxy) is 1. The Morgan fingerprint density at radius 2 is 2.40 bits per heavy atom. The van der Waals surface area contributed by atoms with Crippen molar-refractivity contribution in [3.63, 3.8) is 0 Å². The lowest BCUT2D eigenvalue weighted by molar-refractivity contribution is -0.128. The van der Waals surface area contributed by atoms with Crippen molar-refractivity contribution in [2.75, 3.05) is 26.2 Å². The van der Waals surface area contributed by atoms with Crippen molar-refractivity contribution in [3.8, 4) is 5.75 Å². The van der Waals surface area contributed by atoms with Gasteiger partial charge in [-0.05, 0) is 36.3 Å². The van der Waals surface area contributed by atoms with Gasteiger partial charge in [-0.3, -0.25) is 4.79 Å². The lowest BCUT2D eigenvalue weighted by atomic mass is 10.1. The minimum Gasteiger partial charge on any atom is -0.493 e. The summed E-state index contributed by atoms with van der Waals surface area (Å²) in [7, 11) is 0. The first kappa shape index (κ1) is 13.2. The van der Waals surface area contributed by atoms with Crippen LogP contribution in [0.3, 0.4) is 0 Å². The number of piperazine rings is 1. The second kappa shape index (κ2) is 5.67. The van der Waals surface area contributed by atoms with Gasteiger partial charge in [0, 0.05) is 38.2 Å². The maximum absolute atomic E-state index is 12.2. The number of amides is 1. The molecule has 1 amide bonds. The third-order valence-electron chi connectivity index (χ3n) is 3.92. The summed E-state index contributed by atoms with van der Waals surface area (Å²) in [5.41, 5.74) is 2.29. The minimum atomic E-state index is 0.0933. The zero-order valence-electron chi connectivity index (χ0n) is 11.8. The van der Waals surface area contributed by atoms with E-state index in [1.54, 1.807) is 6.08 Å². The Morgan fingerprint density at radius 3 is 3.25 bits per heavy atom. The van der Waals surface area contributed by atoms with E-state index >= 15 is 0 Å². The normalized spacial score (nSPS) is 21.9. The monoisotopic (exact) mass is 272 g/mol. The van der Waals surface area contributed by atoms with Gasteiger partial charge in [-0.25, -0.2) is 0 Å². The molecule has 1 aromatic rings. The van der Waals surface area contributed by atoms with Crippen LogP contribution in [0.5, 0.6) is 5.75 Å². The molecule has 0 spiro atoms. The number of hydrogen-bond donors (Lipinski definition) is 1. The summed E-state index contributed by atoms with van der Waals surface area (Å²) >= 11 is 0. The summed E-state index contributed by atoms with van der Waals surface area (Å²) in [4.78, 5) is 14.1. The van der Waals surface area contributed by atoms with E-state index in [1.807, 2.05) is 23.1 Å². The van der Waals surface area contributed by atoms with Crippen molar-refractivity contribution in [2.24, 2.45) is 0 Å². The fraction of sp³-hybridized carbons (Fsp3) is 0.438. The number of carbonyl (C=O) groups is 1. The molecule has 2 heterocycles. The molecule has 1 fully saturated rings. The van der Waals surface area contributed by atoms with Gasteiger partial charge in [0.1, 0.15) is 5.75 Å². The Labute approximate surface area is 119 Å². The fourth-order valence-electron chi connectivity index (χ4n) is 2.74. The fourth-order valence-corrected chi connectivity index (χ4v) is 2.74. The van der Waals surface area contributed by atoms with Gasteiger partial charge in [0.2, 0.25) is 5.91 Å². The molecule has 0 saturated carbocycles. The van der Waals surface area contributed by atoms with Crippen LogP contribution < -0.4 is 10.1 Å². The molecular formula is C16H20N2O2. The van der Waals surface area contributed by atoms with E-state index in [2.05, 4.69) is 18.3 Å². The van der Waals surface area contributed by atoms with Gasteiger partial charge in [0.15, 0.2) is 0 Å². The number of nitrogens with one attached hydrogen (secondary N) is 1. The van der Waals surface area contributed by atoms with Gasteiger partial charge in [-0.15, -0.1) is 0 Å². The van der Waals surface area contributed by atoms with Gasteiger partial charge < -0.3 is 15.0 Å². The minimum absolute atomic E-state index is 0.0933. The van der Waals surface area contributed by atoms with Crippen LogP contribution in [0.1, 0.15) is 18.1 Å². The molecule has 20 heavy (non-hydrogen) atoms. The van der Waals surface area contributed by atoms with Crippen molar-refractivity contribution in [1.29, 1.82) is 0 Å². The summed E-state index contributed by atoms with van der Waals surface area (Å²) < 4.78 is 5.48. The van der Waals surface area contributed by atoms with Crippen LogP contribution in [0, 0.1) is 0 Å². The highest BCUT2D eigenvalue weighted by Gasteiger charge is 2.20. The third-order valence-corrected chi connectivity index (χ3v) is 3.92. The summed E-state index contributed by atoms with van der Waals surface area (Å²) in [5.74, 6) is 1.07. The quantitative estimate of drug-likeness (QED) is 0.829. The lowest BCUT2D eigenvalue weighted by Gasteiger charge is -2.33. The Morgan fingerprint density at radius 1 is 1.50 bits per heavy atom. The summed E-state index contributed by atoms with van der Waals surface area (Å²) in [5, 5.41) is 3.29. The zero-order valence-corrected chi connectivity index (χ0v) is 11.8. The van der Waals surface area contributed by atoms with E-state index in [4.69, 9.17) is 4.74 Å². The Hall–Kier alpha value is -1.81. The Balaban J connectivity index is 1.68. The van der Waals surface area contributed by atoms with Crippen LogP contribution in [0.15, 0.2) is 24.3 Å². The predicted molar refractivity (Wildman–Crippen MR) is 78.7 cm³/mol. The first-order valence-corrected chi connectivity index (χ1v) is 7.19. The van der Waals surface area contributed by atoms with Gasteiger partial charge >= 0.3 is 0 Å². The van der Waals surface area contributed by atoms with E-state index in [-0.39, 0.29) is 11.9 Å². The SMILES string of the molecule is CC1CNCCN1C(=O)C=Cc1ccc2c(c1)CCO2. The number of rotatable bonds is 2. The number of nitrogens with zero attached hydrogens (tertiary/aromatic N) is 1. The smallest absolute Gasteiger partial charge is 0.246 e. The molecule has 0 radical (unpaired) electrons. The van der Waals surface area contributed by atoms with Crippen LogP contribution in [0.4, 0.5) is 0 Å². The van der Waals surface area contributed by atoms with Crippen molar-refractivity contribution in [1.82, 2.24) is 10.2 Å². The van der Waals surface area contributed by atoms with Crippen LogP contribution in [0.25, 0.3) is 6.08 Å². The molecule has 0 aliphatic carbocycles. The second-order valence-corrected chi connectivity index (χ2v) is 5.38. The van der Waals surface area contributed by atoms with Crippen LogP contribution in [-0.4, -0.2) is 43.1 Å². The Kier molecular flexibility index (Phi) is 3.74. The predicted octanol–water partition coefficient (Wildman–Crippen LogP) is 1.45. The maximum atomic E-state index is 12.2. The number of fused-ring (bicyclic) bond motifs is 1. The largest absolute Gasteiger partial charge is 0.493 e. The van der Waals surface area contributed by atoms with Crippen LogP contribution in [0.2, 0.25) is 0 Å². The van der Waals surface area contributed by atoms with Crippen molar-refractivity contribution < 1.29 is 9.53 Å². The average molecular weight is 272 g/mol. The lowest BCUT2D eigenvalue weighted by Crippen LogP contribution is -2.51. The molecule has 1 aromatic carbocycles. The molecule has 4 heteroatoms. The highest BCUT2D eigenvalue weighted by molar-refractivity contribution is 5.92. The standard InChI is InChI=1S/C16H20N2O2/c1-12-11-17-7-8-18(12)16(19)5-3-13-2-4-15-14(10-13)6-9-20-15/h2-5,10,12,17H,6-9,11H2,1H3. The van der Waals surface area contributed by atoms with Crippen molar-refractivity contribution in [3.05, 3.63) is 35.4 Å². The molecule has 2 aliphatic rings. The molecule has 1 unspecified atom stereocenters. The molecule has 2 aliphatic heterocycles. The molecule has 1 N–H and O–H groups in total. The van der Waals surface area contributed by atoms with Gasteiger partial charge in [-0.1, -0.05) is 6.07 Å². The van der Waals surface area contributed by atoms with Gasteiger partial charge in [0.25, 0.3) is 0 Å². The zero-order chi connectivity index (χ0) is 13.9. The molecule has 3 rings (SSSR count). The molecule has 0 aromatic heterocycles. The summed E-state index contributed by atoms with van der Waals surface area (Å²) in [6.07, 6.45) is 4.54. The first-order valence-electron chi connectivity index (χ1n) is 7.19. The molecule has 4 nitrogen and oxygen atoms in total. The van der Waals surface area contributed by atoms with Gasteiger partial charge in [-0.2, -0.15) is 0 Å². The topological polar surface area (TPSA) is 41.6 Å². The first-order chi connectivity index (χ1) is 9.74. The van der Waals surface area contributed by atoms with E-state index in [9.17, 15) is 4.79 Å². The number of hydrogen-bond acceptors (Lipinski definition) is 3. The van der Waals surface area contributed by atoms with Crippen LogP contribution >= 0.6 is 0 Å². The molecule has 1 saturated heterocycles. The Bertz CT molecular complexity index is 539. The van der Waals surface area contributed by atoms with Gasteiger partial charge in [0.05, 0.1) is 6.61 Å². The maximum Gasteiger partial charge on any atom is 0.246 e. The molecule has 106 valence electrons. The number of benzene rings is 1. The number of carbonyl (C=O) groups excluding carboxylic acids is 1. The molecular weight excluding hydrogens is 252 g/mol. The molecule has 0 bridgehead atoms. The van der Waals surface area contributed by atoms with Crippen LogP contribution in [-0.2, 0) is 11.2 Å². The highest BCUT2D eigenvalue weighted by Crippen LogP contribution is 2.26.